The molecule has 2 aromatic heterocycles. The van der Waals surface area contributed by atoms with E-state index in [9.17, 15) is 4.79 Å². The molecule has 0 radical (unpaired) electrons. The maximum absolute atomic E-state index is 11.7. The minimum absolute atomic E-state index is 0.0381. The van der Waals surface area contributed by atoms with E-state index in [1.54, 1.807) is 12.4 Å². The Hall–Kier alpha value is -1.39. The minimum Gasteiger partial charge on any atom is -0.298 e. The van der Waals surface area contributed by atoms with Crippen LogP contribution in [0.4, 0.5) is 0 Å². The van der Waals surface area contributed by atoms with Gasteiger partial charge in [-0.05, 0) is 24.1 Å². The van der Waals surface area contributed by atoms with Crippen LogP contribution in [-0.2, 0) is 13.0 Å². The van der Waals surface area contributed by atoms with Gasteiger partial charge in [0.25, 0.3) is 5.56 Å². The largest absolute Gasteiger partial charge is 0.298 e. The first-order valence-electron chi connectivity index (χ1n) is 4.98. The van der Waals surface area contributed by atoms with Crippen LogP contribution in [0.15, 0.2) is 35.6 Å². The summed E-state index contributed by atoms with van der Waals surface area (Å²) in [6.07, 6.45) is 5.54. The summed E-state index contributed by atoms with van der Waals surface area (Å²) in [6, 6.07) is 3.80. The van der Waals surface area contributed by atoms with E-state index >= 15 is 0 Å². The van der Waals surface area contributed by atoms with Gasteiger partial charge in [-0.15, -0.1) is 0 Å². The maximum Gasteiger partial charge on any atom is 0.273 e. The van der Waals surface area contributed by atoms with Crippen molar-refractivity contribution in [2.75, 3.05) is 0 Å². The summed E-state index contributed by atoms with van der Waals surface area (Å²) < 4.78 is 1.44. The Morgan fingerprint density at radius 2 is 1.94 bits per heavy atom. The number of nitrogens with zero attached hydrogens (tertiary/aromatic N) is 3. The molecule has 2 heterocycles. The number of hydrogen-bond acceptors (Lipinski definition) is 3. The Bertz CT molecular complexity index is 569. The van der Waals surface area contributed by atoms with Crippen LogP contribution >= 0.6 is 23.2 Å². The Kier molecular flexibility index (Phi) is 3.76. The Labute approximate surface area is 108 Å². The van der Waals surface area contributed by atoms with E-state index in [0.717, 1.165) is 5.56 Å². The van der Waals surface area contributed by atoms with Crippen LogP contribution in [0.3, 0.4) is 0 Å². The monoisotopic (exact) mass is 269 g/mol. The third-order valence-electron chi connectivity index (χ3n) is 2.33. The fourth-order valence-corrected chi connectivity index (χ4v) is 1.68. The molecule has 0 aromatic carbocycles. The summed E-state index contributed by atoms with van der Waals surface area (Å²) in [4.78, 5) is 19.5. The lowest BCUT2D eigenvalue weighted by atomic mass is 10.2. The summed E-state index contributed by atoms with van der Waals surface area (Å²) in [5.74, 6) is 0. The number of pyridine rings is 1. The van der Waals surface area contributed by atoms with Crippen molar-refractivity contribution in [2.45, 2.75) is 13.0 Å². The smallest absolute Gasteiger partial charge is 0.273 e. The van der Waals surface area contributed by atoms with Crippen molar-refractivity contribution in [1.29, 1.82) is 0 Å². The van der Waals surface area contributed by atoms with E-state index in [1.165, 1.54) is 10.9 Å². The van der Waals surface area contributed by atoms with Gasteiger partial charge in [0.1, 0.15) is 5.02 Å². The third kappa shape index (κ3) is 2.84. The minimum atomic E-state index is -0.319. The second-order valence-corrected chi connectivity index (χ2v) is 4.19. The van der Waals surface area contributed by atoms with Crippen LogP contribution in [0.2, 0.25) is 10.2 Å². The highest BCUT2D eigenvalue weighted by Gasteiger charge is 2.06. The highest BCUT2D eigenvalue weighted by molar-refractivity contribution is 6.40. The van der Waals surface area contributed by atoms with E-state index in [-0.39, 0.29) is 15.7 Å². The molecule has 88 valence electrons. The lowest BCUT2D eigenvalue weighted by Gasteiger charge is -2.05. The second-order valence-electron chi connectivity index (χ2n) is 3.45. The summed E-state index contributed by atoms with van der Waals surface area (Å²) >= 11 is 11.4. The van der Waals surface area contributed by atoms with Crippen LogP contribution in [-0.4, -0.2) is 14.5 Å². The molecule has 0 aliphatic rings. The first-order chi connectivity index (χ1) is 8.18. The summed E-state index contributed by atoms with van der Waals surface area (Å²) in [5, 5.41) is 0.000669. The lowest BCUT2D eigenvalue weighted by molar-refractivity contribution is 0.654. The zero-order valence-electron chi connectivity index (χ0n) is 8.81. The van der Waals surface area contributed by atoms with Gasteiger partial charge in [0, 0.05) is 18.9 Å². The van der Waals surface area contributed by atoms with Crippen molar-refractivity contribution in [3.8, 4) is 0 Å². The number of halogens is 2. The first-order valence-corrected chi connectivity index (χ1v) is 5.73. The molecule has 4 nitrogen and oxygen atoms in total. The van der Waals surface area contributed by atoms with Crippen LogP contribution in [0.25, 0.3) is 0 Å². The van der Waals surface area contributed by atoms with Crippen molar-refractivity contribution in [1.82, 2.24) is 14.5 Å². The van der Waals surface area contributed by atoms with Gasteiger partial charge in [0.05, 0.1) is 6.33 Å². The first kappa shape index (κ1) is 12.1. The van der Waals surface area contributed by atoms with Gasteiger partial charge in [-0.3, -0.25) is 14.3 Å². The molecule has 0 fully saturated rings. The van der Waals surface area contributed by atoms with Crippen LogP contribution < -0.4 is 5.56 Å². The Morgan fingerprint density at radius 3 is 2.65 bits per heavy atom. The van der Waals surface area contributed by atoms with E-state index in [0.29, 0.717) is 13.0 Å². The molecule has 0 saturated carbocycles. The van der Waals surface area contributed by atoms with Gasteiger partial charge in [-0.25, -0.2) is 4.98 Å². The average molecular weight is 270 g/mol. The van der Waals surface area contributed by atoms with Gasteiger partial charge >= 0.3 is 0 Å². The molecule has 0 amide bonds. The SMILES string of the molecule is O=c1c(Cl)c(Cl)ncn1CCc1ccncc1. The standard InChI is InChI=1S/C11H9Cl2N3O/c12-9-10(13)15-7-16(11(9)17)6-3-8-1-4-14-5-2-8/h1-2,4-5,7H,3,6H2. The van der Waals surface area contributed by atoms with E-state index in [4.69, 9.17) is 23.2 Å². The van der Waals surface area contributed by atoms with Crippen LogP contribution in [0.1, 0.15) is 5.56 Å². The fourth-order valence-electron chi connectivity index (χ4n) is 1.40. The molecule has 2 rings (SSSR count). The molecule has 0 atom stereocenters. The van der Waals surface area contributed by atoms with Gasteiger partial charge in [-0.2, -0.15) is 0 Å². The van der Waals surface area contributed by atoms with Crippen LogP contribution in [0, 0.1) is 0 Å². The Balaban J connectivity index is 2.16. The number of rotatable bonds is 3. The molecule has 0 saturated heterocycles. The predicted molar refractivity (Wildman–Crippen MR) is 66.5 cm³/mol. The number of aromatic nitrogens is 3. The zero-order chi connectivity index (χ0) is 12.3. The predicted octanol–water partition coefficient (Wildman–Crippen LogP) is 2.19. The van der Waals surface area contributed by atoms with Crippen molar-refractivity contribution >= 4 is 23.2 Å². The molecule has 0 N–H and O–H groups in total. The summed E-state index contributed by atoms with van der Waals surface area (Å²) in [6.45, 7) is 0.507. The summed E-state index contributed by atoms with van der Waals surface area (Å²) in [7, 11) is 0. The molecule has 0 spiro atoms. The molecule has 0 aliphatic heterocycles. The molecule has 0 aliphatic carbocycles. The van der Waals surface area contributed by atoms with Crippen LogP contribution in [0.5, 0.6) is 0 Å². The Morgan fingerprint density at radius 1 is 1.24 bits per heavy atom. The molecule has 6 heteroatoms. The van der Waals surface area contributed by atoms with E-state index in [2.05, 4.69) is 9.97 Å². The average Bonchev–Trinajstić information content (AvgIpc) is 2.36. The maximum atomic E-state index is 11.7. The topological polar surface area (TPSA) is 47.8 Å². The van der Waals surface area contributed by atoms with E-state index in [1.807, 2.05) is 12.1 Å². The highest BCUT2D eigenvalue weighted by Crippen LogP contribution is 2.12. The number of hydrogen-bond donors (Lipinski definition) is 0. The fraction of sp³-hybridized carbons (Fsp3) is 0.182. The molecule has 2 aromatic rings. The van der Waals surface area contributed by atoms with Gasteiger partial charge in [0.15, 0.2) is 5.15 Å². The van der Waals surface area contributed by atoms with E-state index < -0.39 is 0 Å². The molecule has 0 bridgehead atoms. The molecular formula is C11H9Cl2N3O. The van der Waals surface area contributed by atoms with Gasteiger partial charge in [-0.1, -0.05) is 23.2 Å². The second kappa shape index (κ2) is 5.29. The summed E-state index contributed by atoms with van der Waals surface area (Å²) in [5.41, 5.74) is 0.777. The lowest BCUT2D eigenvalue weighted by Crippen LogP contribution is -2.22. The van der Waals surface area contributed by atoms with Crippen molar-refractivity contribution in [3.63, 3.8) is 0 Å². The van der Waals surface area contributed by atoms with Gasteiger partial charge in [0.2, 0.25) is 0 Å². The third-order valence-corrected chi connectivity index (χ3v) is 3.05. The van der Waals surface area contributed by atoms with Crippen molar-refractivity contribution in [2.24, 2.45) is 0 Å². The molecule has 17 heavy (non-hydrogen) atoms. The molecule has 0 unspecified atom stereocenters. The van der Waals surface area contributed by atoms with Crippen molar-refractivity contribution < 1.29 is 0 Å². The molecular weight excluding hydrogens is 261 g/mol. The van der Waals surface area contributed by atoms with Crippen molar-refractivity contribution in [3.05, 3.63) is 56.9 Å². The quantitative estimate of drug-likeness (QED) is 0.803. The zero-order valence-corrected chi connectivity index (χ0v) is 10.3. The highest BCUT2D eigenvalue weighted by atomic mass is 35.5. The van der Waals surface area contributed by atoms with Gasteiger partial charge < -0.3 is 0 Å². The number of aryl methyl sites for hydroxylation is 2. The normalized spacial score (nSPS) is 10.5.